The van der Waals surface area contributed by atoms with Crippen LogP contribution in [0, 0.1) is 0 Å². The molecule has 0 heterocycles. The Labute approximate surface area is 197 Å². The molecule has 0 bridgehead atoms. The Bertz CT molecular complexity index is 732. The summed E-state index contributed by atoms with van der Waals surface area (Å²) in [4.78, 5) is 0. The molecule has 0 aliphatic carbocycles. The van der Waals surface area contributed by atoms with Crippen LogP contribution in [0.25, 0.3) is 0 Å². The van der Waals surface area contributed by atoms with Crippen molar-refractivity contribution in [2.24, 2.45) is 0 Å². The maximum Gasteiger partial charge on any atom is 0.122 e. The second kappa shape index (κ2) is 14.0. The van der Waals surface area contributed by atoms with E-state index in [0.717, 1.165) is 11.5 Å². The normalized spacial score (nSPS) is 11.7. The van der Waals surface area contributed by atoms with E-state index in [1.54, 1.807) is 12.5 Å². The predicted molar refractivity (Wildman–Crippen MR) is 134 cm³/mol. The Hall–Kier alpha value is -2.18. The third-order valence-electron chi connectivity index (χ3n) is 4.69. The first-order chi connectivity index (χ1) is 15.1. The molecule has 2 rings (SSSR count). The minimum absolute atomic E-state index is 0.140. The van der Waals surface area contributed by atoms with Gasteiger partial charge in [-0.25, -0.2) is 0 Å². The van der Waals surface area contributed by atoms with Crippen molar-refractivity contribution in [2.45, 2.75) is 19.3 Å². The second-order valence-electron chi connectivity index (χ2n) is 7.22. The largest absolute Gasteiger partial charge is 0.498 e. The van der Waals surface area contributed by atoms with Gasteiger partial charge in [0, 0.05) is 16.9 Å². The monoisotopic (exact) mass is 460 g/mol. The van der Waals surface area contributed by atoms with Crippen molar-refractivity contribution in [3.8, 4) is 11.5 Å². The Morgan fingerprint density at radius 3 is 1.39 bits per heavy atom. The summed E-state index contributed by atoms with van der Waals surface area (Å²) in [6, 6.07) is 16.4. The molecule has 168 valence electrons. The van der Waals surface area contributed by atoms with E-state index in [1.807, 2.05) is 36.4 Å². The molecule has 0 saturated carbocycles. The first-order valence-corrected chi connectivity index (χ1v) is 11.6. The highest BCUT2D eigenvalue weighted by molar-refractivity contribution is 7.80. The molecule has 2 aromatic rings. The van der Waals surface area contributed by atoms with Gasteiger partial charge in [0.1, 0.15) is 37.9 Å². The molecule has 0 unspecified atom stereocenters. The quantitative estimate of drug-likeness (QED) is 0.216. The molecule has 0 aliphatic rings. The van der Waals surface area contributed by atoms with Gasteiger partial charge in [-0.15, -0.1) is 0 Å². The summed E-state index contributed by atoms with van der Waals surface area (Å²) >= 11 is 8.16. The smallest absolute Gasteiger partial charge is 0.122 e. The van der Waals surface area contributed by atoms with Gasteiger partial charge in [-0.1, -0.05) is 38.1 Å². The molecule has 0 atom stereocenters. The van der Waals surface area contributed by atoms with Crippen LogP contribution in [-0.2, 0) is 14.9 Å². The topological polar surface area (TPSA) is 36.9 Å². The van der Waals surface area contributed by atoms with E-state index in [2.05, 4.69) is 63.4 Å². The van der Waals surface area contributed by atoms with Crippen molar-refractivity contribution < 1.29 is 18.9 Å². The lowest BCUT2D eigenvalue weighted by Gasteiger charge is -2.26. The van der Waals surface area contributed by atoms with Crippen molar-refractivity contribution in [1.82, 2.24) is 0 Å². The zero-order chi connectivity index (χ0) is 22.4. The maximum atomic E-state index is 5.73. The highest BCUT2D eigenvalue weighted by atomic mass is 32.1. The Morgan fingerprint density at radius 2 is 1.03 bits per heavy atom. The van der Waals surface area contributed by atoms with Crippen molar-refractivity contribution >= 4 is 25.3 Å². The lowest BCUT2D eigenvalue weighted by molar-refractivity contribution is 0.179. The molecule has 0 radical (unpaired) electrons. The molecular weight excluding hydrogens is 428 g/mol. The minimum Gasteiger partial charge on any atom is -0.498 e. The molecule has 0 aliphatic heterocycles. The zero-order valence-electron chi connectivity index (χ0n) is 18.2. The second-order valence-corrected chi connectivity index (χ2v) is 7.95. The highest BCUT2D eigenvalue weighted by Crippen LogP contribution is 2.33. The van der Waals surface area contributed by atoms with Gasteiger partial charge in [0.15, 0.2) is 0 Å². The fourth-order valence-electron chi connectivity index (χ4n) is 2.88. The Balaban J connectivity index is 1.86. The first kappa shape index (κ1) is 25.1. The standard InChI is InChI=1S/C25H32O4S2/c1-25(2,21-5-9-23(10-6-21)28-17-15-26-13-3-19-30)22-7-11-24(12-8-22)29-18-16-27-14-4-20-31/h3-14,30-31H,15-20H2,1-2H3. The van der Waals surface area contributed by atoms with E-state index >= 15 is 0 Å². The lowest BCUT2D eigenvalue weighted by Crippen LogP contribution is -2.18. The van der Waals surface area contributed by atoms with Crippen LogP contribution in [0.4, 0.5) is 0 Å². The fraction of sp³-hybridized carbons (Fsp3) is 0.360. The summed E-state index contributed by atoms with van der Waals surface area (Å²) < 4.78 is 22.1. The van der Waals surface area contributed by atoms with E-state index in [1.165, 1.54) is 11.1 Å². The van der Waals surface area contributed by atoms with E-state index in [4.69, 9.17) is 18.9 Å². The Kier molecular flexibility index (Phi) is 11.3. The van der Waals surface area contributed by atoms with Gasteiger partial charge in [-0.2, -0.15) is 25.3 Å². The van der Waals surface area contributed by atoms with Crippen LogP contribution >= 0.6 is 25.3 Å². The molecule has 2 aromatic carbocycles. The van der Waals surface area contributed by atoms with Gasteiger partial charge < -0.3 is 18.9 Å². The van der Waals surface area contributed by atoms with E-state index in [9.17, 15) is 0 Å². The molecule has 0 fully saturated rings. The van der Waals surface area contributed by atoms with Crippen LogP contribution in [0.5, 0.6) is 11.5 Å². The number of hydrogen-bond donors (Lipinski definition) is 2. The van der Waals surface area contributed by atoms with Crippen molar-refractivity contribution in [1.29, 1.82) is 0 Å². The van der Waals surface area contributed by atoms with Crippen LogP contribution in [-0.4, -0.2) is 37.9 Å². The van der Waals surface area contributed by atoms with Crippen LogP contribution in [0.1, 0.15) is 25.0 Å². The molecule has 0 N–H and O–H groups in total. The summed E-state index contributed by atoms with van der Waals surface area (Å²) in [5.74, 6) is 2.99. The number of hydrogen-bond acceptors (Lipinski definition) is 6. The van der Waals surface area contributed by atoms with Crippen LogP contribution in [0.15, 0.2) is 73.2 Å². The number of ether oxygens (including phenoxy) is 4. The van der Waals surface area contributed by atoms with Gasteiger partial charge in [0.25, 0.3) is 0 Å². The van der Waals surface area contributed by atoms with Crippen molar-refractivity contribution in [2.75, 3.05) is 37.9 Å². The minimum atomic E-state index is -0.140. The third-order valence-corrected chi connectivity index (χ3v) is 5.11. The fourth-order valence-corrected chi connectivity index (χ4v) is 3.05. The summed E-state index contributed by atoms with van der Waals surface area (Å²) in [6.07, 6.45) is 6.98. The van der Waals surface area contributed by atoms with Gasteiger partial charge in [-0.05, 0) is 47.5 Å². The third kappa shape index (κ3) is 8.83. The molecule has 0 amide bonds. The van der Waals surface area contributed by atoms with Gasteiger partial charge in [0.2, 0.25) is 0 Å². The number of benzene rings is 2. The molecule has 0 spiro atoms. The van der Waals surface area contributed by atoms with Gasteiger partial charge in [-0.3, -0.25) is 0 Å². The summed E-state index contributed by atoms with van der Waals surface area (Å²) in [7, 11) is 0. The molecule has 31 heavy (non-hydrogen) atoms. The summed E-state index contributed by atoms with van der Waals surface area (Å²) in [5, 5.41) is 0. The Morgan fingerprint density at radius 1 is 0.645 bits per heavy atom. The molecular formula is C25H32O4S2. The molecule has 0 saturated heterocycles. The van der Waals surface area contributed by atoms with E-state index < -0.39 is 0 Å². The van der Waals surface area contributed by atoms with Gasteiger partial charge in [0.05, 0.1) is 12.5 Å². The van der Waals surface area contributed by atoms with E-state index in [0.29, 0.717) is 37.9 Å². The van der Waals surface area contributed by atoms with Gasteiger partial charge >= 0.3 is 0 Å². The molecule has 4 nitrogen and oxygen atoms in total. The van der Waals surface area contributed by atoms with Crippen molar-refractivity contribution in [3.05, 3.63) is 84.3 Å². The molecule has 0 aromatic heterocycles. The maximum absolute atomic E-state index is 5.73. The van der Waals surface area contributed by atoms with Crippen molar-refractivity contribution in [3.63, 3.8) is 0 Å². The number of rotatable bonds is 14. The van der Waals surface area contributed by atoms with Crippen LogP contribution in [0.2, 0.25) is 0 Å². The lowest BCUT2D eigenvalue weighted by atomic mass is 9.78. The highest BCUT2D eigenvalue weighted by Gasteiger charge is 2.23. The average Bonchev–Trinajstić information content (AvgIpc) is 2.79. The zero-order valence-corrected chi connectivity index (χ0v) is 20.0. The SMILES string of the molecule is CC(C)(c1ccc(OCCOC=CCS)cc1)c1ccc(OCCOC=CCS)cc1. The van der Waals surface area contributed by atoms with Crippen LogP contribution in [0.3, 0.4) is 0 Å². The number of thiol groups is 2. The summed E-state index contributed by atoms with van der Waals surface area (Å²) in [5.41, 5.74) is 2.29. The van der Waals surface area contributed by atoms with Crippen LogP contribution < -0.4 is 9.47 Å². The van der Waals surface area contributed by atoms with E-state index in [-0.39, 0.29) is 5.41 Å². The first-order valence-electron chi connectivity index (χ1n) is 10.3. The molecule has 6 heteroatoms. The average molecular weight is 461 g/mol. The predicted octanol–water partition coefficient (Wildman–Crippen LogP) is 5.69. The summed E-state index contributed by atoms with van der Waals surface area (Å²) in [6.45, 7) is 6.42.